The molecule has 0 heterocycles. The van der Waals surface area contributed by atoms with E-state index in [1.165, 1.54) is 32.1 Å². The van der Waals surface area contributed by atoms with E-state index in [2.05, 4.69) is 5.32 Å². The molecule has 3 nitrogen and oxygen atoms in total. The van der Waals surface area contributed by atoms with Crippen LogP contribution in [-0.2, 0) is 4.74 Å². The molecule has 0 saturated heterocycles. The van der Waals surface area contributed by atoms with Gasteiger partial charge in [0.15, 0.2) is 0 Å². The van der Waals surface area contributed by atoms with E-state index in [1.54, 1.807) is 7.11 Å². The van der Waals surface area contributed by atoms with E-state index in [0.29, 0.717) is 5.41 Å². The number of nitrogens with one attached hydrogen (secondary N) is 1. The van der Waals surface area contributed by atoms with Crippen LogP contribution in [0.4, 0.5) is 0 Å². The topological polar surface area (TPSA) is 47.3 Å². The van der Waals surface area contributed by atoms with Gasteiger partial charge in [-0.25, -0.2) is 0 Å². The monoisotopic (exact) mass is 198 g/mol. The van der Waals surface area contributed by atoms with Crippen LogP contribution in [0.2, 0.25) is 0 Å². The minimum absolute atomic E-state index is 0.150. The standard InChI is InChI=1S/C11H22N2O/c1-14-7-6-10(2-3-10)8-13-9-11(12)4-5-11/h13H,2-9,12H2,1H3. The van der Waals surface area contributed by atoms with Gasteiger partial charge >= 0.3 is 0 Å². The van der Waals surface area contributed by atoms with Gasteiger partial charge in [0, 0.05) is 32.3 Å². The normalized spacial score (nSPS) is 26.1. The average molecular weight is 198 g/mol. The third-order valence-electron chi connectivity index (χ3n) is 3.66. The van der Waals surface area contributed by atoms with Crippen molar-refractivity contribution in [3.63, 3.8) is 0 Å². The van der Waals surface area contributed by atoms with E-state index in [1.807, 2.05) is 0 Å². The Balaban J connectivity index is 1.60. The molecule has 0 atom stereocenters. The maximum atomic E-state index is 6.01. The first-order valence-electron chi connectivity index (χ1n) is 5.67. The molecule has 0 aromatic rings. The van der Waals surface area contributed by atoms with Crippen LogP contribution >= 0.6 is 0 Å². The van der Waals surface area contributed by atoms with Gasteiger partial charge in [-0.3, -0.25) is 0 Å². The molecular formula is C11H22N2O. The van der Waals surface area contributed by atoms with Gasteiger partial charge in [0.25, 0.3) is 0 Å². The lowest BCUT2D eigenvalue weighted by atomic mass is 10.0. The van der Waals surface area contributed by atoms with Gasteiger partial charge in [0.05, 0.1) is 0 Å². The highest BCUT2D eigenvalue weighted by molar-refractivity contribution is 5.02. The zero-order chi connectivity index (χ0) is 10.1. The van der Waals surface area contributed by atoms with Crippen LogP contribution in [0.25, 0.3) is 0 Å². The Bertz CT molecular complexity index is 197. The van der Waals surface area contributed by atoms with E-state index in [0.717, 1.165) is 19.7 Å². The quantitative estimate of drug-likeness (QED) is 0.638. The number of methoxy groups -OCH3 is 1. The number of nitrogens with two attached hydrogens (primary N) is 1. The fourth-order valence-electron chi connectivity index (χ4n) is 1.92. The predicted molar refractivity (Wildman–Crippen MR) is 57.2 cm³/mol. The van der Waals surface area contributed by atoms with Crippen molar-refractivity contribution in [3.05, 3.63) is 0 Å². The van der Waals surface area contributed by atoms with Crippen molar-refractivity contribution in [2.75, 3.05) is 26.8 Å². The van der Waals surface area contributed by atoms with Gasteiger partial charge < -0.3 is 15.8 Å². The Morgan fingerprint density at radius 1 is 1.21 bits per heavy atom. The number of hydrogen-bond acceptors (Lipinski definition) is 3. The Morgan fingerprint density at radius 2 is 1.93 bits per heavy atom. The molecule has 3 heteroatoms. The minimum Gasteiger partial charge on any atom is -0.385 e. The molecule has 82 valence electrons. The van der Waals surface area contributed by atoms with Gasteiger partial charge in [-0.1, -0.05) is 0 Å². The highest BCUT2D eigenvalue weighted by atomic mass is 16.5. The van der Waals surface area contributed by atoms with Crippen molar-refractivity contribution in [3.8, 4) is 0 Å². The molecule has 0 amide bonds. The fraction of sp³-hybridized carbons (Fsp3) is 1.00. The molecule has 0 unspecified atom stereocenters. The molecule has 2 aliphatic rings. The summed E-state index contributed by atoms with van der Waals surface area (Å²) in [5.41, 5.74) is 6.72. The van der Waals surface area contributed by atoms with E-state index in [4.69, 9.17) is 10.5 Å². The van der Waals surface area contributed by atoms with Gasteiger partial charge in [0.2, 0.25) is 0 Å². The molecule has 14 heavy (non-hydrogen) atoms. The zero-order valence-electron chi connectivity index (χ0n) is 9.14. The van der Waals surface area contributed by atoms with E-state index in [-0.39, 0.29) is 5.54 Å². The second kappa shape index (κ2) is 3.80. The number of ether oxygens (including phenoxy) is 1. The van der Waals surface area contributed by atoms with Crippen LogP contribution in [0.15, 0.2) is 0 Å². The molecule has 3 N–H and O–H groups in total. The number of rotatable bonds is 7. The van der Waals surface area contributed by atoms with Crippen molar-refractivity contribution in [2.24, 2.45) is 11.1 Å². The third-order valence-corrected chi connectivity index (χ3v) is 3.66. The van der Waals surface area contributed by atoms with Crippen LogP contribution in [0.1, 0.15) is 32.1 Å². The predicted octanol–water partition coefficient (Wildman–Crippen LogP) is 0.884. The Labute approximate surface area is 86.4 Å². The van der Waals surface area contributed by atoms with Crippen molar-refractivity contribution in [1.82, 2.24) is 5.32 Å². The lowest BCUT2D eigenvalue weighted by molar-refractivity contribution is 0.171. The van der Waals surface area contributed by atoms with E-state index >= 15 is 0 Å². The molecule has 0 bridgehead atoms. The van der Waals surface area contributed by atoms with Crippen molar-refractivity contribution in [1.29, 1.82) is 0 Å². The van der Waals surface area contributed by atoms with Crippen LogP contribution in [-0.4, -0.2) is 32.3 Å². The van der Waals surface area contributed by atoms with Crippen molar-refractivity contribution < 1.29 is 4.74 Å². The Kier molecular flexibility index (Phi) is 2.82. The summed E-state index contributed by atoms with van der Waals surface area (Å²) in [4.78, 5) is 0. The first kappa shape index (κ1) is 10.4. The summed E-state index contributed by atoms with van der Waals surface area (Å²) in [6, 6.07) is 0. The maximum Gasteiger partial charge on any atom is 0.0468 e. The second-order valence-electron chi connectivity index (χ2n) is 5.21. The first-order valence-corrected chi connectivity index (χ1v) is 5.67. The molecule has 0 aromatic carbocycles. The third kappa shape index (κ3) is 2.69. The lowest BCUT2D eigenvalue weighted by Gasteiger charge is -2.17. The van der Waals surface area contributed by atoms with Crippen molar-refractivity contribution >= 4 is 0 Å². The van der Waals surface area contributed by atoms with Crippen LogP contribution < -0.4 is 11.1 Å². The largest absolute Gasteiger partial charge is 0.385 e. The summed E-state index contributed by atoms with van der Waals surface area (Å²) in [6.45, 7) is 3.03. The SMILES string of the molecule is COCCC1(CNCC2(N)CC2)CC1. The fourth-order valence-corrected chi connectivity index (χ4v) is 1.92. The van der Waals surface area contributed by atoms with Gasteiger partial charge in [0.1, 0.15) is 0 Å². The summed E-state index contributed by atoms with van der Waals surface area (Å²) in [5, 5.41) is 3.52. The molecule has 2 aliphatic carbocycles. The summed E-state index contributed by atoms with van der Waals surface area (Å²) >= 11 is 0. The van der Waals surface area contributed by atoms with Gasteiger partial charge in [-0.15, -0.1) is 0 Å². The zero-order valence-corrected chi connectivity index (χ0v) is 9.14. The van der Waals surface area contributed by atoms with Crippen LogP contribution in [0.5, 0.6) is 0 Å². The summed E-state index contributed by atoms with van der Waals surface area (Å²) in [5.74, 6) is 0. The highest BCUT2D eigenvalue weighted by Crippen LogP contribution is 2.48. The van der Waals surface area contributed by atoms with E-state index in [9.17, 15) is 0 Å². The highest BCUT2D eigenvalue weighted by Gasteiger charge is 2.43. The molecule has 0 aliphatic heterocycles. The average Bonchev–Trinajstić information content (AvgIpc) is 3.04. The van der Waals surface area contributed by atoms with Crippen LogP contribution in [0, 0.1) is 5.41 Å². The first-order chi connectivity index (χ1) is 6.68. The summed E-state index contributed by atoms with van der Waals surface area (Å²) in [6.07, 6.45) is 6.33. The smallest absolute Gasteiger partial charge is 0.0468 e. The molecule has 2 saturated carbocycles. The maximum absolute atomic E-state index is 6.01. The van der Waals surface area contributed by atoms with E-state index < -0.39 is 0 Å². The second-order valence-corrected chi connectivity index (χ2v) is 5.21. The van der Waals surface area contributed by atoms with Gasteiger partial charge in [-0.05, 0) is 37.5 Å². The number of hydrogen-bond donors (Lipinski definition) is 2. The molecular weight excluding hydrogens is 176 g/mol. The van der Waals surface area contributed by atoms with Gasteiger partial charge in [-0.2, -0.15) is 0 Å². The minimum atomic E-state index is 0.150. The molecule has 0 aromatic heterocycles. The van der Waals surface area contributed by atoms with Crippen LogP contribution in [0.3, 0.4) is 0 Å². The molecule has 0 spiro atoms. The molecule has 0 radical (unpaired) electrons. The Morgan fingerprint density at radius 3 is 2.43 bits per heavy atom. The molecule has 2 rings (SSSR count). The lowest BCUT2D eigenvalue weighted by Crippen LogP contribution is -2.38. The van der Waals surface area contributed by atoms with Crippen molar-refractivity contribution in [2.45, 2.75) is 37.6 Å². The molecule has 2 fully saturated rings. The Hall–Kier alpha value is -0.120. The summed E-state index contributed by atoms with van der Waals surface area (Å²) in [7, 11) is 1.78. The summed E-state index contributed by atoms with van der Waals surface area (Å²) < 4.78 is 5.12.